The molecule has 0 unspecified atom stereocenters. The number of alkyl halides is 3. The van der Waals surface area contributed by atoms with Gasteiger partial charge in [0, 0.05) is 26.5 Å². The summed E-state index contributed by atoms with van der Waals surface area (Å²) < 4.78 is 42.5. The number of hydrogen-bond donors (Lipinski definition) is 0. The van der Waals surface area contributed by atoms with Gasteiger partial charge in [0.05, 0.1) is 28.5 Å². The van der Waals surface area contributed by atoms with Crippen LogP contribution in [-0.4, -0.2) is 42.3 Å². The summed E-state index contributed by atoms with van der Waals surface area (Å²) in [5.74, 6) is -2.19. The van der Waals surface area contributed by atoms with E-state index in [4.69, 9.17) is 11.6 Å². The zero-order chi connectivity index (χ0) is 17.8. The van der Waals surface area contributed by atoms with E-state index in [2.05, 4.69) is 9.72 Å². The lowest BCUT2D eigenvalue weighted by atomic mass is 10.1. The van der Waals surface area contributed by atoms with E-state index in [1.165, 1.54) is 18.0 Å². The number of Topliss-reactive ketones (excluding diaryl/α,β-unsaturated/α-hetero) is 1. The molecule has 0 aliphatic heterocycles. The minimum absolute atomic E-state index is 0.0199. The fourth-order valence-electron chi connectivity index (χ4n) is 1.58. The quantitative estimate of drug-likeness (QED) is 0.464. The number of ketones is 1. The van der Waals surface area contributed by atoms with Crippen LogP contribution >= 0.6 is 11.6 Å². The van der Waals surface area contributed by atoms with Crippen LogP contribution in [0.1, 0.15) is 18.2 Å². The normalized spacial score (nSPS) is 12.0. The number of carbonyl (C=O) groups is 2. The Labute approximate surface area is 135 Å². The van der Waals surface area contributed by atoms with Crippen molar-refractivity contribution in [2.24, 2.45) is 0 Å². The summed E-state index contributed by atoms with van der Waals surface area (Å²) in [6.07, 6.45) is -2.84. The summed E-state index contributed by atoms with van der Waals surface area (Å²) >= 11 is 5.81. The van der Waals surface area contributed by atoms with Gasteiger partial charge in [0.2, 0.25) is 0 Å². The predicted molar refractivity (Wildman–Crippen MR) is 77.6 cm³/mol. The monoisotopic (exact) mass is 350 g/mol. The summed E-state index contributed by atoms with van der Waals surface area (Å²) in [7, 11) is 3.13. The van der Waals surface area contributed by atoms with Crippen molar-refractivity contribution < 1.29 is 27.5 Å². The lowest BCUT2D eigenvalue weighted by molar-refractivity contribution is -0.150. The Morgan fingerprint density at radius 3 is 2.43 bits per heavy atom. The smallest absolute Gasteiger partial charge is 0.417 e. The highest BCUT2D eigenvalue weighted by Crippen LogP contribution is 2.33. The molecule has 0 saturated carbocycles. The van der Waals surface area contributed by atoms with Gasteiger partial charge in [0.15, 0.2) is 0 Å². The van der Waals surface area contributed by atoms with Gasteiger partial charge in [-0.05, 0) is 13.0 Å². The topological polar surface area (TPSA) is 59.5 Å². The van der Waals surface area contributed by atoms with Gasteiger partial charge in [-0.15, -0.1) is 0 Å². The van der Waals surface area contributed by atoms with E-state index in [0.717, 1.165) is 0 Å². The summed E-state index contributed by atoms with van der Waals surface area (Å²) in [5.41, 5.74) is -1.54. The molecule has 0 aromatic carbocycles. The third-order valence-corrected chi connectivity index (χ3v) is 2.80. The first-order chi connectivity index (χ1) is 10.6. The van der Waals surface area contributed by atoms with Crippen LogP contribution in [-0.2, 0) is 20.5 Å². The molecular weight excluding hydrogens is 337 g/mol. The highest BCUT2D eigenvalue weighted by molar-refractivity contribution is 6.52. The second-order valence-electron chi connectivity index (χ2n) is 4.61. The van der Waals surface area contributed by atoms with Crippen LogP contribution in [0.4, 0.5) is 13.2 Å². The Balaban J connectivity index is 3.35. The maximum absolute atomic E-state index is 12.6. The van der Waals surface area contributed by atoms with Gasteiger partial charge in [-0.25, -0.2) is 4.79 Å². The van der Waals surface area contributed by atoms with Crippen molar-refractivity contribution in [2.45, 2.75) is 13.1 Å². The van der Waals surface area contributed by atoms with E-state index < -0.39 is 28.5 Å². The van der Waals surface area contributed by atoms with Crippen molar-refractivity contribution in [1.82, 2.24) is 9.88 Å². The molecule has 0 amide bonds. The van der Waals surface area contributed by atoms with E-state index in [0.29, 0.717) is 12.3 Å². The predicted octanol–water partition coefficient (Wildman–Crippen LogP) is 2.79. The molecule has 1 heterocycles. The maximum atomic E-state index is 12.6. The minimum atomic E-state index is -4.62. The number of ether oxygens (including phenoxy) is 1. The summed E-state index contributed by atoms with van der Waals surface area (Å²) in [5, 5.41) is -0.398. The fraction of sp³-hybridized carbons (Fsp3) is 0.357. The average Bonchev–Trinajstić information content (AvgIpc) is 2.43. The second-order valence-corrected chi connectivity index (χ2v) is 5.02. The SMILES string of the molecule is CCOC(=O)C(=O)C(=CN(C)C)c1ncc(C(F)(F)F)cc1Cl. The van der Waals surface area contributed by atoms with Crippen molar-refractivity contribution in [1.29, 1.82) is 0 Å². The van der Waals surface area contributed by atoms with Gasteiger partial charge in [0.25, 0.3) is 5.78 Å². The van der Waals surface area contributed by atoms with Gasteiger partial charge in [0.1, 0.15) is 0 Å². The van der Waals surface area contributed by atoms with Gasteiger partial charge in [-0.1, -0.05) is 11.6 Å². The number of esters is 1. The Morgan fingerprint density at radius 1 is 1.39 bits per heavy atom. The van der Waals surface area contributed by atoms with Gasteiger partial charge in [-0.2, -0.15) is 13.2 Å². The summed E-state index contributed by atoms with van der Waals surface area (Å²) in [4.78, 5) is 28.7. The molecule has 5 nitrogen and oxygen atoms in total. The Kier molecular flexibility index (Phi) is 6.14. The van der Waals surface area contributed by atoms with Crippen molar-refractivity contribution in [3.8, 4) is 0 Å². The largest absolute Gasteiger partial charge is 0.460 e. The Hall–Kier alpha value is -2.09. The van der Waals surface area contributed by atoms with E-state index in [1.807, 2.05) is 0 Å². The Bertz CT molecular complexity index is 643. The second kappa shape index (κ2) is 7.45. The first-order valence-corrected chi connectivity index (χ1v) is 6.78. The Morgan fingerprint density at radius 2 is 2.00 bits per heavy atom. The van der Waals surface area contributed by atoms with E-state index in [-0.39, 0.29) is 17.9 Å². The summed E-state index contributed by atoms with van der Waals surface area (Å²) in [6, 6.07) is 0.645. The molecule has 126 valence electrons. The van der Waals surface area contributed by atoms with Crippen LogP contribution < -0.4 is 0 Å². The number of aromatic nitrogens is 1. The van der Waals surface area contributed by atoms with Crippen LogP contribution in [0, 0.1) is 0 Å². The molecule has 1 aromatic heterocycles. The molecule has 0 atom stereocenters. The molecule has 0 aliphatic rings. The molecule has 0 bridgehead atoms. The average molecular weight is 351 g/mol. The molecular formula is C14H14ClF3N2O3. The fourth-order valence-corrected chi connectivity index (χ4v) is 1.85. The molecule has 23 heavy (non-hydrogen) atoms. The first-order valence-electron chi connectivity index (χ1n) is 6.40. The molecule has 0 fully saturated rings. The van der Waals surface area contributed by atoms with Crippen molar-refractivity contribution in [2.75, 3.05) is 20.7 Å². The zero-order valence-electron chi connectivity index (χ0n) is 12.6. The van der Waals surface area contributed by atoms with E-state index >= 15 is 0 Å². The molecule has 0 spiro atoms. The standard InChI is InChI=1S/C14H14ClF3N2O3/c1-4-23-13(22)12(21)9(7-20(2)3)11-10(15)5-8(6-19-11)14(16,17)18/h5-7H,4H2,1-3H3. The lowest BCUT2D eigenvalue weighted by Gasteiger charge is -2.13. The van der Waals surface area contributed by atoms with Crippen molar-refractivity contribution in [3.63, 3.8) is 0 Å². The molecule has 0 saturated heterocycles. The molecule has 9 heteroatoms. The van der Waals surface area contributed by atoms with E-state index in [1.54, 1.807) is 14.1 Å². The minimum Gasteiger partial charge on any atom is -0.460 e. The van der Waals surface area contributed by atoms with Crippen molar-refractivity contribution >= 4 is 28.9 Å². The third-order valence-electron chi connectivity index (χ3n) is 2.52. The highest BCUT2D eigenvalue weighted by Gasteiger charge is 2.33. The number of carbonyl (C=O) groups excluding carboxylic acids is 2. The van der Waals surface area contributed by atoms with Gasteiger partial charge in [-0.3, -0.25) is 9.78 Å². The number of rotatable bonds is 5. The van der Waals surface area contributed by atoms with Crippen LogP contribution in [0.25, 0.3) is 5.57 Å². The summed E-state index contributed by atoms with van der Waals surface area (Å²) in [6.45, 7) is 1.50. The van der Waals surface area contributed by atoms with Crippen LogP contribution in [0.2, 0.25) is 5.02 Å². The number of hydrogen-bond acceptors (Lipinski definition) is 5. The van der Waals surface area contributed by atoms with E-state index in [9.17, 15) is 22.8 Å². The van der Waals surface area contributed by atoms with Crippen molar-refractivity contribution in [3.05, 3.63) is 34.7 Å². The number of nitrogens with zero attached hydrogens (tertiary/aromatic N) is 2. The van der Waals surface area contributed by atoms with Gasteiger partial charge < -0.3 is 9.64 Å². The van der Waals surface area contributed by atoms with Crippen LogP contribution in [0.3, 0.4) is 0 Å². The molecule has 0 radical (unpaired) electrons. The van der Waals surface area contributed by atoms with Crippen LogP contribution in [0.5, 0.6) is 0 Å². The first kappa shape index (κ1) is 19.0. The van der Waals surface area contributed by atoms with Crippen LogP contribution in [0.15, 0.2) is 18.5 Å². The third kappa shape index (κ3) is 4.95. The number of halogens is 4. The van der Waals surface area contributed by atoms with Gasteiger partial charge >= 0.3 is 12.1 Å². The lowest BCUT2D eigenvalue weighted by Crippen LogP contribution is -2.21. The maximum Gasteiger partial charge on any atom is 0.417 e. The zero-order valence-corrected chi connectivity index (χ0v) is 13.3. The molecule has 1 aromatic rings. The highest BCUT2D eigenvalue weighted by atomic mass is 35.5. The number of pyridine rings is 1. The molecule has 0 N–H and O–H groups in total. The molecule has 0 aliphatic carbocycles. The molecule has 1 rings (SSSR count).